The van der Waals surface area contributed by atoms with Crippen LogP contribution in [0.4, 0.5) is 11.5 Å². The third kappa shape index (κ3) is 4.36. The van der Waals surface area contributed by atoms with Crippen molar-refractivity contribution in [2.24, 2.45) is 0 Å². The van der Waals surface area contributed by atoms with Gasteiger partial charge >= 0.3 is 0 Å². The van der Waals surface area contributed by atoms with E-state index < -0.39 is 0 Å². The Kier molecular flexibility index (Phi) is 4.93. The van der Waals surface area contributed by atoms with Crippen LogP contribution in [0.3, 0.4) is 0 Å². The maximum atomic E-state index is 12.1. The summed E-state index contributed by atoms with van der Waals surface area (Å²) < 4.78 is 0. The fourth-order valence-electron chi connectivity index (χ4n) is 2.05. The Morgan fingerprint density at radius 3 is 2.52 bits per heavy atom. The summed E-state index contributed by atoms with van der Waals surface area (Å²) in [5.41, 5.74) is 2.35. The van der Waals surface area contributed by atoms with Gasteiger partial charge in [-0.05, 0) is 36.4 Å². The van der Waals surface area contributed by atoms with E-state index in [-0.39, 0.29) is 11.6 Å². The second-order valence-electron chi connectivity index (χ2n) is 5.10. The zero-order chi connectivity index (χ0) is 17.5. The van der Waals surface area contributed by atoms with E-state index in [1.54, 1.807) is 30.5 Å². The van der Waals surface area contributed by atoms with Crippen molar-refractivity contribution in [1.29, 1.82) is 5.26 Å². The lowest BCUT2D eigenvalue weighted by Crippen LogP contribution is -2.24. The first-order valence-electron chi connectivity index (χ1n) is 7.52. The fourth-order valence-corrected chi connectivity index (χ4v) is 2.05. The number of aromatic nitrogens is 3. The van der Waals surface area contributed by atoms with Crippen LogP contribution in [0.25, 0.3) is 0 Å². The van der Waals surface area contributed by atoms with E-state index in [0.717, 1.165) is 11.4 Å². The molecule has 2 aromatic heterocycles. The van der Waals surface area contributed by atoms with Gasteiger partial charge in [0.15, 0.2) is 0 Å². The van der Waals surface area contributed by atoms with Crippen molar-refractivity contribution in [3.05, 3.63) is 78.0 Å². The van der Waals surface area contributed by atoms with Crippen LogP contribution in [0.15, 0.2) is 61.1 Å². The van der Waals surface area contributed by atoms with E-state index in [2.05, 4.69) is 31.7 Å². The zero-order valence-corrected chi connectivity index (χ0v) is 13.2. The van der Waals surface area contributed by atoms with E-state index in [0.29, 0.717) is 17.9 Å². The molecule has 0 saturated carbocycles. The highest BCUT2D eigenvalue weighted by Crippen LogP contribution is 2.14. The van der Waals surface area contributed by atoms with Crippen molar-refractivity contribution in [2.75, 3.05) is 5.32 Å². The van der Waals surface area contributed by atoms with Crippen LogP contribution in [0, 0.1) is 11.3 Å². The molecular formula is C18H14N6O. The summed E-state index contributed by atoms with van der Waals surface area (Å²) in [6, 6.07) is 14.5. The Bertz CT molecular complexity index is 886. The summed E-state index contributed by atoms with van der Waals surface area (Å²) in [6.45, 7) is 0.326. The van der Waals surface area contributed by atoms with E-state index in [1.807, 2.05) is 18.2 Å². The average Bonchev–Trinajstić information content (AvgIpc) is 2.68. The zero-order valence-electron chi connectivity index (χ0n) is 13.2. The SMILES string of the molecule is N#Cc1ccc(Nc2cnc(C(=O)NCc3ccccn3)cn2)cc1. The number of anilines is 2. The number of nitrogens with zero attached hydrogens (tertiary/aromatic N) is 4. The first-order chi connectivity index (χ1) is 12.2. The minimum absolute atomic E-state index is 0.223. The largest absolute Gasteiger partial charge is 0.345 e. The van der Waals surface area contributed by atoms with Gasteiger partial charge in [-0.3, -0.25) is 9.78 Å². The highest BCUT2D eigenvalue weighted by atomic mass is 16.1. The third-order valence-corrected chi connectivity index (χ3v) is 3.33. The summed E-state index contributed by atoms with van der Waals surface area (Å²) in [4.78, 5) is 24.5. The number of hydrogen-bond acceptors (Lipinski definition) is 6. The number of nitrogens with one attached hydrogen (secondary N) is 2. The second kappa shape index (κ2) is 7.66. The molecule has 0 aliphatic rings. The van der Waals surface area contributed by atoms with Crippen LogP contribution in [0.2, 0.25) is 0 Å². The molecular weight excluding hydrogens is 316 g/mol. The number of carbonyl (C=O) groups excluding carboxylic acids is 1. The number of benzene rings is 1. The van der Waals surface area contributed by atoms with Crippen molar-refractivity contribution >= 4 is 17.4 Å². The average molecular weight is 330 g/mol. The van der Waals surface area contributed by atoms with Crippen LogP contribution in [-0.4, -0.2) is 20.9 Å². The minimum atomic E-state index is -0.317. The first kappa shape index (κ1) is 16.1. The molecule has 0 aliphatic heterocycles. The summed E-state index contributed by atoms with van der Waals surface area (Å²) in [7, 11) is 0. The normalized spacial score (nSPS) is 9.88. The van der Waals surface area contributed by atoms with Gasteiger partial charge in [0.2, 0.25) is 0 Å². The Labute approximate surface area is 144 Å². The molecule has 1 aromatic carbocycles. The molecule has 0 aliphatic carbocycles. The molecule has 7 nitrogen and oxygen atoms in total. The molecule has 0 unspecified atom stereocenters. The monoisotopic (exact) mass is 330 g/mol. The molecule has 0 spiro atoms. The number of amides is 1. The van der Waals surface area contributed by atoms with Gasteiger partial charge in [0, 0.05) is 11.9 Å². The molecule has 3 rings (SSSR count). The van der Waals surface area contributed by atoms with Crippen LogP contribution in [0.1, 0.15) is 21.7 Å². The molecule has 1 amide bonds. The third-order valence-electron chi connectivity index (χ3n) is 3.33. The topological polar surface area (TPSA) is 104 Å². The van der Waals surface area contributed by atoms with Gasteiger partial charge in [-0.25, -0.2) is 9.97 Å². The van der Waals surface area contributed by atoms with E-state index in [4.69, 9.17) is 5.26 Å². The summed E-state index contributed by atoms with van der Waals surface area (Å²) >= 11 is 0. The van der Waals surface area contributed by atoms with Crippen molar-refractivity contribution in [1.82, 2.24) is 20.3 Å². The molecule has 25 heavy (non-hydrogen) atoms. The molecule has 2 N–H and O–H groups in total. The van der Waals surface area contributed by atoms with Gasteiger partial charge in [-0.15, -0.1) is 0 Å². The predicted molar refractivity (Wildman–Crippen MR) is 91.9 cm³/mol. The number of nitriles is 1. The maximum absolute atomic E-state index is 12.1. The number of pyridine rings is 1. The standard InChI is InChI=1S/C18H14N6O/c19-9-13-4-6-14(7-5-13)24-17-12-21-16(11-22-17)18(25)23-10-15-3-1-2-8-20-15/h1-8,11-12H,10H2,(H,22,24)(H,23,25). The fraction of sp³-hybridized carbons (Fsp3) is 0.0556. The summed E-state index contributed by atoms with van der Waals surface area (Å²) in [6.07, 6.45) is 4.55. The van der Waals surface area contributed by atoms with Gasteiger partial charge < -0.3 is 10.6 Å². The van der Waals surface area contributed by atoms with E-state index >= 15 is 0 Å². The lowest BCUT2D eigenvalue weighted by Gasteiger charge is -2.07. The van der Waals surface area contributed by atoms with Crippen LogP contribution in [0.5, 0.6) is 0 Å². The number of rotatable bonds is 5. The van der Waals surface area contributed by atoms with Gasteiger partial charge in [-0.1, -0.05) is 6.07 Å². The lowest BCUT2D eigenvalue weighted by molar-refractivity contribution is 0.0945. The second-order valence-corrected chi connectivity index (χ2v) is 5.10. The molecule has 0 atom stereocenters. The molecule has 0 fully saturated rings. The first-order valence-corrected chi connectivity index (χ1v) is 7.52. The van der Waals surface area contributed by atoms with E-state index in [9.17, 15) is 4.79 Å². The quantitative estimate of drug-likeness (QED) is 0.744. The summed E-state index contributed by atoms with van der Waals surface area (Å²) in [5.74, 6) is 0.189. The van der Waals surface area contributed by atoms with Crippen molar-refractivity contribution in [3.8, 4) is 6.07 Å². The Balaban J connectivity index is 1.59. The van der Waals surface area contributed by atoms with Crippen LogP contribution < -0.4 is 10.6 Å². The highest BCUT2D eigenvalue weighted by Gasteiger charge is 2.08. The lowest BCUT2D eigenvalue weighted by atomic mass is 10.2. The molecule has 0 radical (unpaired) electrons. The van der Waals surface area contributed by atoms with Crippen LogP contribution >= 0.6 is 0 Å². The van der Waals surface area contributed by atoms with Crippen molar-refractivity contribution in [2.45, 2.75) is 6.54 Å². The number of carbonyl (C=O) groups is 1. The van der Waals surface area contributed by atoms with Crippen LogP contribution in [-0.2, 0) is 6.54 Å². The van der Waals surface area contributed by atoms with Crippen molar-refractivity contribution in [3.63, 3.8) is 0 Å². The highest BCUT2D eigenvalue weighted by molar-refractivity contribution is 5.91. The minimum Gasteiger partial charge on any atom is -0.345 e. The molecule has 0 bridgehead atoms. The van der Waals surface area contributed by atoms with E-state index in [1.165, 1.54) is 12.4 Å². The molecule has 7 heteroatoms. The van der Waals surface area contributed by atoms with Gasteiger partial charge in [0.1, 0.15) is 11.5 Å². The maximum Gasteiger partial charge on any atom is 0.271 e. The van der Waals surface area contributed by atoms with Gasteiger partial charge in [0.05, 0.1) is 36.3 Å². The smallest absolute Gasteiger partial charge is 0.271 e. The molecule has 3 aromatic rings. The molecule has 2 heterocycles. The molecule has 0 saturated heterocycles. The Morgan fingerprint density at radius 2 is 1.88 bits per heavy atom. The predicted octanol–water partition coefficient (Wildman–Crippen LogP) is 2.42. The summed E-state index contributed by atoms with van der Waals surface area (Å²) in [5, 5.41) is 14.6. The Hall–Kier alpha value is -3.79. The Morgan fingerprint density at radius 1 is 1.04 bits per heavy atom. The van der Waals surface area contributed by atoms with Crippen molar-refractivity contribution < 1.29 is 4.79 Å². The van der Waals surface area contributed by atoms with Gasteiger partial charge in [-0.2, -0.15) is 5.26 Å². The molecule has 122 valence electrons. The number of hydrogen-bond donors (Lipinski definition) is 2. The van der Waals surface area contributed by atoms with Gasteiger partial charge in [0.25, 0.3) is 5.91 Å².